The van der Waals surface area contributed by atoms with Crippen LogP contribution in [0.3, 0.4) is 0 Å². The van der Waals surface area contributed by atoms with Gasteiger partial charge in [-0.15, -0.1) is 0 Å². The van der Waals surface area contributed by atoms with Gasteiger partial charge in [-0.25, -0.2) is 0 Å². The zero-order valence-corrected chi connectivity index (χ0v) is 7.85. The summed E-state index contributed by atoms with van der Waals surface area (Å²) in [7, 11) is 0. The third-order valence-corrected chi connectivity index (χ3v) is 2.52. The quantitative estimate of drug-likeness (QED) is 0.534. The van der Waals surface area contributed by atoms with Gasteiger partial charge in [0.25, 0.3) is 0 Å². The molecule has 0 heteroatoms. The summed E-state index contributed by atoms with van der Waals surface area (Å²) >= 11 is 0. The fourth-order valence-electron chi connectivity index (χ4n) is 1.85. The van der Waals surface area contributed by atoms with Gasteiger partial charge in [0.2, 0.25) is 0 Å². The largest absolute Gasteiger partial charge is 0.0842 e. The number of hydrogen-bond acceptors (Lipinski definition) is 0. The molecule has 0 aliphatic heterocycles. The highest BCUT2D eigenvalue weighted by Crippen LogP contribution is 2.35. The molecule has 0 spiro atoms. The molecule has 0 radical (unpaired) electrons. The first-order valence-corrected chi connectivity index (χ1v) is 4.65. The molecule has 0 aromatic heterocycles. The standard InChI is InChI=1S/C11H18/c1-4-6-11-9(3)7-8-10(11)5-2/h5-6,9H,4,7-8H2,1-3H3. The molecule has 1 rings (SSSR count). The van der Waals surface area contributed by atoms with E-state index >= 15 is 0 Å². The van der Waals surface area contributed by atoms with Gasteiger partial charge in [-0.1, -0.05) is 26.0 Å². The lowest BCUT2D eigenvalue weighted by Crippen LogP contribution is -1.89. The molecule has 0 heterocycles. The van der Waals surface area contributed by atoms with Crippen molar-refractivity contribution in [3.8, 4) is 0 Å². The van der Waals surface area contributed by atoms with E-state index in [9.17, 15) is 0 Å². The molecule has 1 atom stereocenters. The van der Waals surface area contributed by atoms with E-state index in [1.54, 1.807) is 11.1 Å². The summed E-state index contributed by atoms with van der Waals surface area (Å²) in [5.74, 6) is 0.807. The summed E-state index contributed by atoms with van der Waals surface area (Å²) in [6.45, 7) is 6.69. The van der Waals surface area contributed by atoms with Crippen LogP contribution in [0.15, 0.2) is 23.3 Å². The van der Waals surface area contributed by atoms with E-state index in [2.05, 4.69) is 32.9 Å². The van der Waals surface area contributed by atoms with Crippen molar-refractivity contribution in [2.24, 2.45) is 5.92 Å². The van der Waals surface area contributed by atoms with E-state index in [0.717, 1.165) is 5.92 Å². The van der Waals surface area contributed by atoms with Crippen molar-refractivity contribution in [3.63, 3.8) is 0 Å². The van der Waals surface area contributed by atoms with Crippen molar-refractivity contribution < 1.29 is 0 Å². The Hall–Kier alpha value is -0.520. The summed E-state index contributed by atoms with van der Waals surface area (Å²) in [6.07, 6.45) is 8.48. The summed E-state index contributed by atoms with van der Waals surface area (Å²) < 4.78 is 0. The van der Waals surface area contributed by atoms with Crippen molar-refractivity contribution in [1.29, 1.82) is 0 Å². The molecule has 0 bridgehead atoms. The molecular weight excluding hydrogens is 132 g/mol. The van der Waals surface area contributed by atoms with Crippen LogP contribution in [0.5, 0.6) is 0 Å². The van der Waals surface area contributed by atoms with Crippen molar-refractivity contribution in [2.75, 3.05) is 0 Å². The van der Waals surface area contributed by atoms with Gasteiger partial charge in [-0.2, -0.15) is 0 Å². The number of hydrogen-bond donors (Lipinski definition) is 0. The Labute approximate surface area is 70.0 Å². The Kier molecular flexibility index (Phi) is 2.92. The molecule has 11 heavy (non-hydrogen) atoms. The average Bonchev–Trinajstić information content (AvgIpc) is 2.34. The molecule has 1 fully saturated rings. The summed E-state index contributed by atoms with van der Waals surface area (Å²) in [5, 5.41) is 0. The number of rotatable bonds is 1. The van der Waals surface area contributed by atoms with Crippen LogP contribution in [0.1, 0.15) is 40.0 Å². The van der Waals surface area contributed by atoms with Gasteiger partial charge in [0.05, 0.1) is 0 Å². The van der Waals surface area contributed by atoms with E-state index in [-0.39, 0.29) is 0 Å². The molecule has 0 nitrogen and oxygen atoms in total. The van der Waals surface area contributed by atoms with E-state index in [1.165, 1.54) is 19.3 Å². The van der Waals surface area contributed by atoms with E-state index in [4.69, 9.17) is 0 Å². The Bertz CT molecular complexity index is 184. The molecule has 0 aromatic rings. The van der Waals surface area contributed by atoms with Crippen LogP contribution in [-0.2, 0) is 0 Å². The zero-order valence-electron chi connectivity index (χ0n) is 7.85. The van der Waals surface area contributed by atoms with Gasteiger partial charge in [-0.3, -0.25) is 0 Å². The fourth-order valence-corrected chi connectivity index (χ4v) is 1.85. The highest BCUT2D eigenvalue weighted by atomic mass is 14.2. The van der Waals surface area contributed by atoms with Crippen LogP contribution in [0.25, 0.3) is 0 Å². The molecular formula is C11H18. The number of allylic oxidation sites excluding steroid dienone is 4. The normalized spacial score (nSPS) is 32.1. The molecule has 0 aromatic carbocycles. The third-order valence-electron chi connectivity index (χ3n) is 2.52. The molecule has 1 saturated carbocycles. The summed E-state index contributed by atoms with van der Waals surface area (Å²) in [5.41, 5.74) is 3.19. The third kappa shape index (κ3) is 1.74. The van der Waals surface area contributed by atoms with Gasteiger partial charge < -0.3 is 0 Å². The molecule has 0 amide bonds. The Morgan fingerprint density at radius 1 is 1.55 bits per heavy atom. The monoisotopic (exact) mass is 150 g/mol. The first kappa shape index (κ1) is 8.58. The molecule has 0 saturated heterocycles. The van der Waals surface area contributed by atoms with Gasteiger partial charge >= 0.3 is 0 Å². The van der Waals surface area contributed by atoms with Crippen LogP contribution >= 0.6 is 0 Å². The lowest BCUT2D eigenvalue weighted by atomic mass is 10.0. The first-order chi connectivity index (χ1) is 5.29. The highest BCUT2D eigenvalue weighted by Gasteiger charge is 2.19. The molecule has 62 valence electrons. The van der Waals surface area contributed by atoms with Crippen LogP contribution in [0.4, 0.5) is 0 Å². The predicted molar refractivity (Wildman–Crippen MR) is 50.5 cm³/mol. The predicted octanol–water partition coefficient (Wildman–Crippen LogP) is 3.70. The van der Waals surface area contributed by atoms with Crippen molar-refractivity contribution in [1.82, 2.24) is 0 Å². The summed E-state index contributed by atoms with van der Waals surface area (Å²) in [6, 6.07) is 0. The first-order valence-electron chi connectivity index (χ1n) is 4.65. The maximum atomic E-state index is 2.38. The van der Waals surface area contributed by atoms with Gasteiger partial charge in [0.15, 0.2) is 0 Å². The summed E-state index contributed by atoms with van der Waals surface area (Å²) in [4.78, 5) is 0. The second-order valence-corrected chi connectivity index (χ2v) is 3.32. The van der Waals surface area contributed by atoms with Crippen molar-refractivity contribution in [2.45, 2.75) is 40.0 Å². The topological polar surface area (TPSA) is 0 Å². The van der Waals surface area contributed by atoms with Crippen molar-refractivity contribution in [3.05, 3.63) is 23.3 Å². The second-order valence-electron chi connectivity index (χ2n) is 3.32. The lowest BCUT2D eigenvalue weighted by molar-refractivity contribution is 0.695. The van der Waals surface area contributed by atoms with Gasteiger partial charge in [-0.05, 0) is 43.3 Å². The van der Waals surface area contributed by atoms with Crippen molar-refractivity contribution >= 4 is 0 Å². The maximum Gasteiger partial charge on any atom is -0.0188 e. The SMILES string of the molecule is CC=C1CCC(C)C1=CCC. The van der Waals surface area contributed by atoms with E-state index < -0.39 is 0 Å². The molecule has 1 aliphatic carbocycles. The second kappa shape index (κ2) is 3.75. The maximum absolute atomic E-state index is 2.38. The Morgan fingerprint density at radius 2 is 2.27 bits per heavy atom. The zero-order chi connectivity index (χ0) is 8.27. The van der Waals surface area contributed by atoms with Gasteiger partial charge in [0.1, 0.15) is 0 Å². The van der Waals surface area contributed by atoms with E-state index in [0.29, 0.717) is 0 Å². The smallest absolute Gasteiger partial charge is 0.0188 e. The lowest BCUT2D eigenvalue weighted by Gasteiger charge is -2.04. The fraction of sp³-hybridized carbons (Fsp3) is 0.636. The minimum atomic E-state index is 0.807. The van der Waals surface area contributed by atoms with Crippen LogP contribution in [-0.4, -0.2) is 0 Å². The van der Waals surface area contributed by atoms with Crippen LogP contribution < -0.4 is 0 Å². The average molecular weight is 150 g/mol. The molecule has 0 N–H and O–H groups in total. The minimum Gasteiger partial charge on any atom is -0.0842 e. The van der Waals surface area contributed by atoms with Crippen LogP contribution in [0, 0.1) is 5.92 Å². The van der Waals surface area contributed by atoms with Crippen LogP contribution in [0.2, 0.25) is 0 Å². The Morgan fingerprint density at radius 3 is 2.82 bits per heavy atom. The molecule has 1 aliphatic rings. The van der Waals surface area contributed by atoms with E-state index in [1.807, 2.05) is 0 Å². The highest BCUT2D eigenvalue weighted by molar-refractivity contribution is 5.36. The minimum absolute atomic E-state index is 0.807. The van der Waals surface area contributed by atoms with Gasteiger partial charge in [0, 0.05) is 0 Å². The Balaban J connectivity index is 2.80. The molecule has 1 unspecified atom stereocenters.